The van der Waals surface area contributed by atoms with Gasteiger partial charge in [0.1, 0.15) is 11.6 Å². The van der Waals surface area contributed by atoms with E-state index in [2.05, 4.69) is 64.3 Å². The van der Waals surface area contributed by atoms with E-state index in [4.69, 9.17) is 9.97 Å². The number of aromatic nitrogens is 3. The summed E-state index contributed by atoms with van der Waals surface area (Å²) in [5.41, 5.74) is 3.35. The summed E-state index contributed by atoms with van der Waals surface area (Å²) in [6, 6.07) is 16.5. The standard InChI is InChI=1S/C23H28N6/c1-17(2)19-8-4-5-9-20(19)26-21-16-18(3)25-23(27-21)29-14-12-28(13-15-29)22-10-6-7-11-24-22/h4-11,16-17H,12-15H2,1-3H3,(H,25,26,27). The monoisotopic (exact) mass is 388 g/mol. The maximum absolute atomic E-state index is 4.82. The lowest BCUT2D eigenvalue weighted by molar-refractivity contribution is 0.634. The maximum Gasteiger partial charge on any atom is 0.227 e. The van der Waals surface area contributed by atoms with Gasteiger partial charge < -0.3 is 15.1 Å². The minimum Gasteiger partial charge on any atom is -0.353 e. The predicted molar refractivity (Wildman–Crippen MR) is 119 cm³/mol. The molecule has 150 valence electrons. The van der Waals surface area contributed by atoms with Gasteiger partial charge in [-0.3, -0.25) is 0 Å². The molecule has 1 N–H and O–H groups in total. The Kier molecular flexibility index (Phi) is 5.60. The number of rotatable bonds is 5. The first-order valence-corrected chi connectivity index (χ1v) is 10.2. The molecule has 6 heteroatoms. The first kappa shape index (κ1) is 19.2. The van der Waals surface area contributed by atoms with Crippen LogP contribution < -0.4 is 15.1 Å². The van der Waals surface area contributed by atoms with Crippen molar-refractivity contribution < 1.29 is 0 Å². The lowest BCUT2D eigenvalue weighted by Crippen LogP contribution is -2.47. The molecular formula is C23H28N6. The van der Waals surface area contributed by atoms with Crippen molar-refractivity contribution in [1.29, 1.82) is 0 Å². The van der Waals surface area contributed by atoms with Gasteiger partial charge in [0.2, 0.25) is 5.95 Å². The zero-order valence-electron chi connectivity index (χ0n) is 17.3. The third-order valence-electron chi connectivity index (χ3n) is 5.22. The molecule has 0 atom stereocenters. The van der Waals surface area contributed by atoms with Crippen LogP contribution in [0.25, 0.3) is 0 Å². The van der Waals surface area contributed by atoms with Crippen molar-refractivity contribution in [2.24, 2.45) is 0 Å². The van der Waals surface area contributed by atoms with E-state index in [1.54, 1.807) is 0 Å². The zero-order valence-corrected chi connectivity index (χ0v) is 17.3. The topological polar surface area (TPSA) is 57.2 Å². The van der Waals surface area contributed by atoms with Gasteiger partial charge in [-0.2, -0.15) is 4.98 Å². The van der Waals surface area contributed by atoms with Gasteiger partial charge in [-0.25, -0.2) is 9.97 Å². The summed E-state index contributed by atoms with van der Waals surface area (Å²) in [5.74, 6) is 3.11. The summed E-state index contributed by atoms with van der Waals surface area (Å²) in [6.45, 7) is 10.0. The number of anilines is 4. The second-order valence-corrected chi connectivity index (χ2v) is 7.72. The van der Waals surface area contributed by atoms with Gasteiger partial charge in [0, 0.05) is 49.8 Å². The summed E-state index contributed by atoms with van der Waals surface area (Å²) in [4.78, 5) is 18.5. The molecule has 0 unspecified atom stereocenters. The largest absolute Gasteiger partial charge is 0.353 e. The van der Waals surface area contributed by atoms with Gasteiger partial charge in [0.25, 0.3) is 0 Å². The third kappa shape index (κ3) is 4.47. The average Bonchev–Trinajstić information content (AvgIpc) is 2.74. The highest BCUT2D eigenvalue weighted by Crippen LogP contribution is 2.27. The van der Waals surface area contributed by atoms with Gasteiger partial charge >= 0.3 is 0 Å². The van der Waals surface area contributed by atoms with E-state index in [1.165, 1.54) is 5.56 Å². The minimum absolute atomic E-state index is 0.445. The quantitative estimate of drug-likeness (QED) is 0.700. The second-order valence-electron chi connectivity index (χ2n) is 7.72. The van der Waals surface area contributed by atoms with Crippen molar-refractivity contribution >= 4 is 23.3 Å². The molecule has 0 bridgehead atoms. The van der Waals surface area contributed by atoms with Gasteiger partial charge in [0.05, 0.1) is 0 Å². The molecule has 1 aromatic carbocycles. The Morgan fingerprint density at radius 1 is 0.897 bits per heavy atom. The number of hydrogen-bond acceptors (Lipinski definition) is 6. The number of nitrogens with one attached hydrogen (secondary N) is 1. The summed E-state index contributed by atoms with van der Waals surface area (Å²) in [6.07, 6.45) is 1.85. The number of hydrogen-bond donors (Lipinski definition) is 1. The normalized spacial score (nSPS) is 14.3. The first-order chi connectivity index (χ1) is 14.1. The SMILES string of the molecule is Cc1cc(Nc2ccccc2C(C)C)nc(N2CCN(c3ccccn3)CC2)n1. The number of pyridine rings is 1. The average molecular weight is 389 g/mol. The molecule has 2 aromatic heterocycles. The fourth-order valence-corrected chi connectivity index (χ4v) is 3.69. The van der Waals surface area contributed by atoms with Crippen LogP contribution in [0.3, 0.4) is 0 Å². The highest BCUT2D eigenvalue weighted by molar-refractivity contribution is 5.62. The van der Waals surface area contributed by atoms with E-state index >= 15 is 0 Å². The Morgan fingerprint density at radius 3 is 2.34 bits per heavy atom. The molecule has 1 aliphatic heterocycles. The molecule has 1 aliphatic rings. The molecule has 0 radical (unpaired) electrons. The summed E-state index contributed by atoms with van der Waals surface area (Å²) >= 11 is 0. The van der Waals surface area contributed by atoms with Crippen molar-refractivity contribution in [1.82, 2.24) is 15.0 Å². The smallest absolute Gasteiger partial charge is 0.227 e. The predicted octanol–water partition coefficient (Wildman–Crippen LogP) is 4.37. The fraction of sp³-hybridized carbons (Fsp3) is 0.348. The molecular weight excluding hydrogens is 360 g/mol. The second kappa shape index (κ2) is 8.47. The Labute approximate surface area is 172 Å². The molecule has 1 saturated heterocycles. The number of benzene rings is 1. The third-order valence-corrected chi connectivity index (χ3v) is 5.22. The maximum atomic E-state index is 4.82. The number of nitrogens with zero attached hydrogens (tertiary/aromatic N) is 5. The van der Waals surface area contributed by atoms with E-state index < -0.39 is 0 Å². The number of aryl methyl sites for hydroxylation is 1. The Hall–Kier alpha value is -3.15. The van der Waals surface area contributed by atoms with Crippen molar-refractivity contribution in [2.75, 3.05) is 41.3 Å². The highest BCUT2D eigenvalue weighted by Gasteiger charge is 2.20. The molecule has 0 aliphatic carbocycles. The van der Waals surface area contributed by atoms with E-state index in [1.807, 2.05) is 31.3 Å². The van der Waals surface area contributed by atoms with E-state index in [0.717, 1.165) is 55.1 Å². The highest BCUT2D eigenvalue weighted by atomic mass is 15.3. The fourth-order valence-electron chi connectivity index (χ4n) is 3.69. The summed E-state index contributed by atoms with van der Waals surface area (Å²) < 4.78 is 0. The van der Waals surface area contributed by atoms with Crippen LogP contribution in [0.5, 0.6) is 0 Å². The van der Waals surface area contributed by atoms with Crippen LogP contribution >= 0.6 is 0 Å². The van der Waals surface area contributed by atoms with Crippen LogP contribution in [0, 0.1) is 6.92 Å². The number of piperazine rings is 1. The Balaban J connectivity index is 1.50. The molecule has 0 saturated carbocycles. The lowest BCUT2D eigenvalue weighted by Gasteiger charge is -2.35. The van der Waals surface area contributed by atoms with Gasteiger partial charge in [-0.15, -0.1) is 0 Å². The van der Waals surface area contributed by atoms with Crippen molar-refractivity contribution in [2.45, 2.75) is 26.7 Å². The van der Waals surface area contributed by atoms with Crippen LogP contribution in [-0.2, 0) is 0 Å². The molecule has 29 heavy (non-hydrogen) atoms. The van der Waals surface area contributed by atoms with Gasteiger partial charge in [-0.05, 0) is 36.6 Å². The lowest BCUT2D eigenvalue weighted by atomic mass is 10.0. The van der Waals surface area contributed by atoms with E-state index in [9.17, 15) is 0 Å². The van der Waals surface area contributed by atoms with Gasteiger partial charge in [0.15, 0.2) is 0 Å². The van der Waals surface area contributed by atoms with Crippen molar-refractivity contribution in [3.05, 3.63) is 66.0 Å². The molecule has 3 aromatic rings. The molecule has 0 amide bonds. The summed E-state index contributed by atoms with van der Waals surface area (Å²) in [5, 5.41) is 3.51. The van der Waals surface area contributed by atoms with Crippen molar-refractivity contribution in [3.8, 4) is 0 Å². The van der Waals surface area contributed by atoms with E-state index in [-0.39, 0.29) is 0 Å². The molecule has 0 spiro atoms. The molecule has 3 heterocycles. The van der Waals surface area contributed by atoms with Crippen LogP contribution in [0.4, 0.5) is 23.3 Å². The Morgan fingerprint density at radius 2 is 1.62 bits per heavy atom. The Bertz CT molecular complexity index is 949. The van der Waals surface area contributed by atoms with Crippen LogP contribution in [0.1, 0.15) is 31.0 Å². The molecule has 6 nitrogen and oxygen atoms in total. The van der Waals surface area contributed by atoms with Crippen LogP contribution in [-0.4, -0.2) is 41.1 Å². The van der Waals surface area contributed by atoms with Crippen LogP contribution in [0.15, 0.2) is 54.7 Å². The van der Waals surface area contributed by atoms with E-state index in [0.29, 0.717) is 5.92 Å². The minimum atomic E-state index is 0.445. The molecule has 4 rings (SSSR count). The summed E-state index contributed by atoms with van der Waals surface area (Å²) in [7, 11) is 0. The van der Waals surface area contributed by atoms with Gasteiger partial charge in [-0.1, -0.05) is 38.1 Å². The molecule has 1 fully saturated rings. The van der Waals surface area contributed by atoms with Crippen molar-refractivity contribution in [3.63, 3.8) is 0 Å². The number of para-hydroxylation sites is 1. The zero-order chi connectivity index (χ0) is 20.2. The van der Waals surface area contributed by atoms with Crippen LogP contribution in [0.2, 0.25) is 0 Å². The first-order valence-electron chi connectivity index (χ1n) is 10.2.